The van der Waals surface area contributed by atoms with E-state index in [0.29, 0.717) is 12.3 Å². The van der Waals surface area contributed by atoms with E-state index in [1.165, 1.54) is 12.1 Å². The number of methoxy groups -OCH3 is 1. The fraction of sp³-hybridized carbons (Fsp3) is 0.133. The van der Waals surface area contributed by atoms with E-state index in [1.807, 2.05) is 12.1 Å². The molecule has 0 spiro atoms. The zero-order valence-electron chi connectivity index (χ0n) is 11.0. The molecule has 0 radical (unpaired) electrons. The molecule has 1 amide bonds. The Kier molecular flexibility index (Phi) is 4.32. The van der Waals surface area contributed by atoms with Gasteiger partial charge in [0.2, 0.25) is 0 Å². The Balaban J connectivity index is 2.26. The number of anilines is 2. The van der Waals surface area contributed by atoms with E-state index >= 15 is 0 Å². The lowest BCUT2D eigenvalue weighted by Crippen LogP contribution is -2.15. The summed E-state index contributed by atoms with van der Waals surface area (Å²) in [4.78, 5) is 12.1. The van der Waals surface area contributed by atoms with Crippen LogP contribution in [0.1, 0.15) is 15.9 Å². The molecule has 0 aliphatic heterocycles. The zero-order chi connectivity index (χ0) is 14.5. The summed E-state index contributed by atoms with van der Waals surface area (Å²) in [5.74, 6) is -0.958. The van der Waals surface area contributed by atoms with Crippen molar-refractivity contribution in [3.63, 3.8) is 0 Å². The van der Waals surface area contributed by atoms with E-state index < -0.39 is 11.7 Å². The van der Waals surface area contributed by atoms with Crippen LogP contribution in [0, 0.1) is 5.82 Å². The van der Waals surface area contributed by atoms with Crippen LogP contribution in [0.2, 0.25) is 0 Å². The molecule has 2 aromatic rings. The van der Waals surface area contributed by atoms with Crippen LogP contribution in [0.15, 0.2) is 42.5 Å². The first-order chi connectivity index (χ1) is 9.61. The van der Waals surface area contributed by atoms with Crippen molar-refractivity contribution < 1.29 is 13.9 Å². The third-order valence-electron chi connectivity index (χ3n) is 2.83. The molecule has 4 nitrogen and oxygen atoms in total. The molecule has 20 heavy (non-hydrogen) atoms. The number of ether oxygens (including phenoxy) is 1. The molecule has 0 unspecified atom stereocenters. The van der Waals surface area contributed by atoms with E-state index in [4.69, 9.17) is 10.5 Å². The molecule has 0 fully saturated rings. The van der Waals surface area contributed by atoms with Crippen LogP contribution < -0.4 is 11.1 Å². The summed E-state index contributed by atoms with van der Waals surface area (Å²) in [7, 11) is 1.57. The average Bonchev–Trinajstić information content (AvgIpc) is 2.44. The van der Waals surface area contributed by atoms with Gasteiger partial charge in [-0.15, -0.1) is 0 Å². The molecule has 0 aromatic heterocycles. The van der Waals surface area contributed by atoms with E-state index in [1.54, 1.807) is 19.2 Å². The first-order valence-corrected chi connectivity index (χ1v) is 6.05. The number of nitrogens with one attached hydrogen (secondary N) is 1. The van der Waals surface area contributed by atoms with Gasteiger partial charge in [0.1, 0.15) is 5.82 Å². The van der Waals surface area contributed by atoms with Crippen molar-refractivity contribution in [3.05, 3.63) is 59.4 Å². The minimum Gasteiger partial charge on any atom is -0.398 e. The largest absolute Gasteiger partial charge is 0.398 e. The van der Waals surface area contributed by atoms with Crippen LogP contribution in [0.5, 0.6) is 0 Å². The van der Waals surface area contributed by atoms with Crippen molar-refractivity contribution in [2.45, 2.75) is 6.61 Å². The van der Waals surface area contributed by atoms with Gasteiger partial charge < -0.3 is 15.8 Å². The monoisotopic (exact) mass is 274 g/mol. The summed E-state index contributed by atoms with van der Waals surface area (Å²) in [5, 5.41) is 2.71. The minimum absolute atomic E-state index is 0.109. The van der Waals surface area contributed by atoms with Gasteiger partial charge in [-0.2, -0.15) is 0 Å². The number of nitrogen functional groups attached to an aromatic ring is 1. The number of amides is 1. The van der Waals surface area contributed by atoms with E-state index in [9.17, 15) is 9.18 Å². The van der Waals surface area contributed by atoms with Gasteiger partial charge in [-0.05, 0) is 24.3 Å². The third-order valence-corrected chi connectivity index (χ3v) is 2.83. The van der Waals surface area contributed by atoms with Gasteiger partial charge >= 0.3 is 0 Å². The molecule has 0 atom stereocenters. The van der Waals surface area contributed by atoms with Gasteiger partial charge in [0.15, 0.2) is 0 Å². The SMILES string of the molecule is COCc1ccccc1NC(=O)c1cc(F)ccc1N. The van der Waals surface area contributed by atoms with Gasteiger partial charge in [0, 0.05) is 24.0 Å². The molecular weight excluding hydrogens is 259 g/mol. The summed E-state index contributed by atoms with van der Waals surface area (Å²) in [6.45, 7) is 0.370. The maximum Gasteiger partial charge on any atom is 0.257 e. The summed E-state index contributed by atoms with van der Waals surface area (Å²) in [6, 6.07) is 10.9. The normalized spacial score (nSPS) is 10.3. The molecular formula is C15H15FN2O2. The number of carbonyl (C=O) groups is 1. The first kappa shape index (κ1) is 14.0. The van der Waals surface area contributed by atoms with Gasteiger partial charge in [-0.1, -0.05) is 18.2 Å². The zero-order valence-corrected chi connectivity index (χ0v) is 11.0. The summed E-state index contributed by atoms with van der Waals surface area (Å²) < 4.78 is 18.3. The van der Waals surface area contributed by atoms with E-state index in [0.717, 1.165) is 11.6 Å². The van der Waals surface area contributed by atoms with Gasteiger partial charge in [0.25, 0.3) is 5.91 Å². The highest BCUT2D eigenvalue weighted by Gasteiger charge is 2.12. The van der Waals surface area contributed by atoms with Crippen molar-refractivity contribution in [3.8, 4) is 0 Å². The Bertz CT molecular complexity index is 629. The summed E-state index contributed by atoms with van der Waals surface area (Å²) in [6.07, 6.45) is 0. The standard InChI is InChI=1S/C15H15FN2O2/c1-20-9-10-4-2-3-5-14(10)18-15(19)12-8-11(16)6-7-13(12)17/h2-8H,9,17H2,1H3,(H,18,19). The van der Waals surface area contributed by atoms with Crippen molar-refractivity contribution in [2.75, 3.05) is 18.2 Å². The molecule has 0 bridgehead atoms. The summed E-state index contributed by atoms with van der Waals surface area (Å²) in [5.41, 5.74) is 7.47. The first-order valence-electron chi connectivity index (χ1n) is 6.05. The molecule has 0 saturated heterocycles. The molecule has 104 valence electrons. The minimum atomic E-state index is -0.505. The van der Waals surface area contributed by atoms with Crippen molar-refractivity contribution in [2.24, 2.45) is 0 Å². The van der Waals surface area contributed by atoms with Crippen LogP contribution >= 0.6 is 0 Å². The van der Waals surface area contributed by atoms with Crippen LogP contribution in [-0.4, -0.2) is 13.0 Å². The second kappa shape index (κ2) is 6.16. The van der Waals surface area contributed by atoms with E-state index in [-0.39, 0.29) is 11.3 Å². The van der Waals surface area contributed by atoms with E-state index in [2.05, 4.69) is 5.32 Å². The fourth-order valence-electron chi connectivity index (χ4n) is 1.84. The predicted molar refractivity (Wildman–Crippen MR) is 75.9 cm³/mol. The Morgan fingerprint density at radius 1 is 1.30 bits per heavy atom. The Hall–Kier alpha value is -2.40. The lowest BCUT2D eigenvalue weighted by molar-refractivity contribution is 0.102. The topological polar surface area (TPSA) is 64.3 Å². The highest BCUT2D eigenvalue weighted by atomic mass is 19.1. The number of benzene rings is 2. The van der Waals surface area contributed by atoms with Gasteiger partial charge in [0.05, 0.1) is 12.2 Å². The molecule has 2 aromatic carbocycles. The molecule has 2 rings (SSSR count). The number of hydrogen-bond donors (Lipinski definition) is 2. The average molecular weight is 274 g/mol. The van der Waals surface area contributed by atoms with Crippen LogP contribution in [0.25, 0.3) is 0 Å². The molecule has 3 N–H and O–H groups in total. The second-order valence-electron chi connectivity index (χ2n) is 4.28. The lowest BCUT2D eigenvalue weighted by Gasteiger charge is -2.11. The Morgan fingerprint density at radius 2 is 2.05 bits per heavy atom. The van der Waals surface area contributed by atoms with Crippen LogP contribution in [0.4, 0.5) is 15.8 Å². The highest BCUT2D eigenvalue weighted by Crippen LogP contribution is 2.19. The number of nitrogens with two attached hydrogens (primary N) is 1. The molecule has 5 heteroatoms. The number of rotatable bonds is 4. The maximum atomic E-state index is 13.2. The Morgan fingerprint density at radius 3 is 2.80 bits per heavy atom. The predicted octanol–water partition coefficient (Wildman–Crippen LogP) is 2.81. The third kappa shape index (κ3) is 3.13. The highest BCUT2D eigenvalue weighted by molar-refractivity contribution is 6.08. The fourth-order valence-corrected chi connectivity index (χ4v) is 1.84. The smallest absolute Gasteiger partial charge is 0.257 e. The summed E-state index contributed by atoms with van der Waals surface area (Å²) >= 11 is 0. The number of halogens is 1. The number of para-hydroxylation sites is 1. The van der Waals surface area contributed by atoms with Gasteiger partial charge in [-0.25, -0.2) is 4.39 Å². The molecule has 0 heterocycles. The number of hydrogen-bond acceptors (Lipinski definition) is 3. The van der Waals surface area contributed by atoms with Crippen LogP contribution in [0.3, 0.4) is 0 Å². The number of carbonyl (C=O) groups excluding carboxylic acids is 1. The van der Waals surface area contributed by atoms with Crippen molar-refractivity contribution in [1.29, 1.82) is 0 Å². The maximum absolute atomic E-state index is 13.2. The molecule has 0 saturated carbocycles. The quantitative estimate of drug-likeness (QED) is 0.843. The molecule has 0 aliphatic carbocycles. The lowest BCUT2D eigenvalue weighted by atomic mass is 10.1. The molecule has 0 aliphatic rings. The Labute approximate surface area is 116 Å². The second-order valence-corrected chi connectivity index (χ2v) is 4.28. The van der Waals surface area contributed by atoms with Crippen LogP contribution in [-0.2, 0) is 11.3 Å². The van der Waals surface area contributed by atoms with Crippen molar-refractivity contribution >= 4 is 17.3 Å². The van der Waals surface area contributed by atoms with Gasteiger partial charge in [-0.3, -0.25) is 4.79 Å². The van der Waals surface area contributed by atoms with Crippen molar-refractivity contribution in [1.82, 2.24) is 0 Å².